The lowest BCUT2D eigenvalue weighted by Gasteiger charge is -2.15. The van der Waals surface area contributed by atoms with Crippen LogP contribution < -0.4 is 10.0 Å². The molecule has 4 rings (SSSR count). The molecule has 0 saturated carbocycles. The van der Waals surface area contributed by atoms with Gasteiger partial charge in [-0.3, -0.25) is 9.40 Å². The molecular weight excluding hydrogens is 408 g/mol. The third-order valence-corrected chi connectivity index (χ3v) is 6.24. The summed E-state index contributed by atoms with van der Waals surface area (Å²) in [6, 6.07) is 15.0. The number of thioether (sulfide) groups is 1. The van der Waals surface area contributed by atoms with Crippen molar-refractivity contribution in [1.29, 1.82) is 0 Å². The lowest BCUT2D eigenvalue weighted by Crippen LogP contribution is -2.15. The van der Waals surface area contributed by atoms with Gasteiger partial charge in [0.25, 0.3) is 10.0 Å². The number of aryl methyl sites for hydroxylation is 1. The summed E-state index contributed by atoms with van der Waals surface area (Å²) in [6.07, 6.45) is 4.68. The highest BCUT2D eigenvalue weighted by Crippen LogP contribution is 2.31. The van der Waals surface area contributed by atoms with Crippen molar-refractivity contribution in [2.24, 2.45) is 7.05 Å². The van der Waals surface area contributed by atoms with Gasteiger partial charge in [-0.05, 0) is 30.5 Å². The molecule has 0 spiro atoms. The van der Waals surface area contributed by atoms with Crippen LogP contribution in [-0.4, -0.2) is 34.4 Å². The van der Waals surface area contributed by atoms with Crippen LogP contribution in [0.25, 0.3) is 11.0 Å². The molecular formula is C19H18N6O2S2. The van der Waals surface area contributed by atoms with Crippen molar-refractivity contribution >= 4 is 50.1 Å². The van der Waals surface area contributed by atoms with Crippen LogP contribution in [0, 0.1) is 0 Å². The zero-order valence-corrected chi connectivity index (χ0v) is 17.3. The van der Waals surface area contributed by atoms with Gasteiger partial charge in [0.2, 0.25) is 0 Å². The van der Waals surface area contributed by atoms with Crippen LogP contribution in [0.15, 0.2) is 70.7 Å². The fraction of sp³-hybridized carbons (Fsp3) is 0.105. The summed E-state index contributed by atoms with van der Waals surface area (Å²) >= 11 is 1.58. The Bertz CT molecular complexity index is 1290. The molecule has 0 radical (unpaired) electrons. The van der Waals surface area contributed by atoms with E-state index in [1.807, 2.05) is 48.7 Å². The Hall–Kier alpha value is -3.11. The van der Waals surface area contributed by atoms with Gasteiger partial charge in [-0.15, -0.1) is 11.8 Å². The molecule has 0 unspecified atom stereocenters. The molecule has 8 nitrogen and oxygen atoms in total. The molecule has 4 aromatic rings. The molecule has 0 saturated heterocycles. The van der Waals surface area contributed by atoms with Gasteiger partial charge < -0.3 is 5.32 Å². The Morgan fingerprint density at radius 2 is 1.62 bits per heavy atom. The number of para-hydroxylation sites is 3. The van der Waals surface area contributed by atoms with Gasteiger partial charge in [0.15, 0.2) is 11.6 Å². The predicted molar refractivity (Wildman–Crippen MR) is 115 cm³/mol. The van der Waals surface area contributed by atoms with E-state index in [-0.39, 0.29) is 10.7 Å². The molecule has 0 aliphatic heterocycles. The summed E-state index contributed by atoms with van der Waals surface area (Å²) in [5.74, 6) is 0.432. The number of benzene rings is 2. The molecule has 2 aromatic carbocycles. The van der Waals surface area contributed by atoms with Crippen LogP contribution in [0.2, 0.25) is 0 Å². The Morgan fingerprint density at radius 1 is 0.966 bits per heavy atom. The van der Waals surface area contributed by atoms with E-state index < -0.39 is 10.0 Å². The van der Waals surface area contributed by atoms with Gasteiger partial charge >= 0.3 is 0 Å². The second-order valence-corrected chi connectivity index (χ2v) is 8.72. The zero-order valence-electron chi connectivity index (χ0n) is 15.7. The van der Waals surface area contributed by atoms with Crippen molar-refractivity contribution in [1.82, 2.24) is 19.7 Å². The number of sulfonamides is 1. The van der Waals surface area contributed by atoms with Crippen LogP contribution >= 0.6 is 11.8 Å². The van der Waals surface area contributed by atoms with Crippen LogP contribution in [0.5, 0.6) is 0 Å². The van der Waals surface area contributed by atoms with Crippen molar-refractivity contribution in [3.63, 3.8) is 0 Å². The SMILES string of the molecule is CSc1ccccc1Nc1nc2ccccc2nc1NS(=O)(=O)c1cnn(C)c1. The average Bonchev–Trinajstić information content (AvgIpc) is 3.16. The van der Waals surface area contributed by atoms with Gasteiger partial charge in [-0.25, -0.2) is 18.4 Å². The monoisotopic (exact) mass is 426 g/mol. The van der Waals surface area contributed by atoms with Gasteiger partial charge in [0, 0.05) is 18.1 Å². The Kier molecular flexibility index (Phi) is 5.12. The minimum absolute atomic E-state index is 0.0467. The van der Waals surface area contributed by atoms with Crippen molar-refractivity contribution in [2.75, 3.05) is 16.3 Å². The summed E-state index contributed by atoms with van der Waals surface area (Å²) in [5, 5.41) is 7.15. The van der Waals surface area contributed by atoms with Gasteiger partial charge in [-0.1, -0.05) is 24.3 Å². The van der Waals surface area contributed by atoms with E-state index in [0.717, 1.165) is 10.6 Å². The summed E-state index contributed by atoms with van der Waals surface area (Å²) < 4.78 is 29.6. The molecule has 2 heterocycles. The molecule has 0 fully saturated rings. The first kappa shape index (κ1) is 19.2. The quantitative estimate of drug-likeness (QED) is 0.454. The largest absolute Gasteiger partial charge is 0.336 e. The predicted octanol–water partition coefficient (Wildman–Crippen LogP) is 3.63. The number of nitrogens with zero attached hydrogens (tertiary/aromatic N) is 4. The van der Waals surface area contributed by atoms with Crippen LogP contribution in [0.1, 0.15) is 0 Å². The standard InChI is InChI=1S/C19H18N6O2S2/c1-25-12-13(11-20-25)29(26,27)24-19-18(21-14-7-3-4-8-15(14)22-19)23-16-9-5-6-10-17(16)28-2/h3-12H,1-2H3,(H,21,23)(H,22,24). The van der Waals surface area contributed by atoms with Crippen LogP contribution in [0.3, 0.4) is 0 Å². The van der Waals surface area contributed by atoms with Crippen LogP contribution in [0.4, 0.5) is 17.3 Å². The topological polar surface area (TPSA) is 102 Å². The molecule has 2 N–H and O–H groups in total. The fourth-order valence-electron chi connectivity index (χ4n) is 2.76. The maximum absolute atomic E-state index is 12.8. The number of hydrogen-bond donors (Lipinski definition) is 2. The summed E-state index contributed by atoms with van der Waals surface area (Å²) in [7, 11) is -2.22. The van der Waals surface area contributed by atoms with Crippen molar-refractivity contribution < 1.29 is 8.42 Å². The van der Waals surface area contributed by atoms with E-state index in [9.17, 15) is 8.42 Å². The number of nitrogens with one attached hydrogen (secondary N) is 2. The molecule has 29 heavy (non-hydrogen) atoms. The van der Waals surface area contributed by atoms with E-state index in [1.54, 1.807) is 24.9 Å². The Labute approximate surface area is 172 Å². The molecule has 0 aliphatic carbocycles. The highest BCUT2D eigenvalue weighted by atomic mass is 32.2. The Morgan fingerprint density at radius 3 is 2.28 bits per heavy atom. The van der Waals surface area contributed by atoms with Gasteiger partial charge in [0.05, 0.1) is 22.9 Å². The molecule has 0 bridgehead atoms. The molecule has 10 heteroatoms. The first-order valence-corrected chi connectivity index (χ1v) is 11.4. The minimum Gasteiger partial charge on any atom is -0.336 e. The highest BCUT2D eigenvalue weighted by Gasteiger charge is 2.20. The van der Waals surface area contributed by atoms with E-state index in [2.05, 4.69) is 25.1 Å². The van der Waals surface area contributed by atoms with Crippen LogP contribution in [-0.2, 0) is 17.1 Å². The minimum atomic E-state index is -3.87. The average molecular weight is 427 g/mol. The second-order valence-electron chi connectivity index (χ2n) is 6.19. The number of fused-ring (bicyclic) bond motifs is 1. The maximum atomic E-state index is 12.8. The lowest BCUT2D eigenvalue weighted by atomic mass is 10.3. The van der Waals surface area contributed by atoms with E-state index in [0.29, 0.717) is 16.9 Å². The normalized spacial score (nSPS) is 11.5. The van der Waals surface area contributed by atoms with Crippen molar-refractivity contribution in [3.8, 4) is 0 Å². The molecule has 0 amide bonds. The highest BCUT2D eigenvalue weighted by molar-refractivity contribution is 7.98. The third-order valence-electron chi connectivity index (χ3n) is 4.15. The van der Waals surface area contributed by atoms with Crippen molar-refractivity contribution in [3.05, 3.63) is 60.9 Å². The number of hydrogen-bond acceptors (Lipinski definition) is 7. The first-order valence-electron chi connectivity index (χ1n) is 8.64. The number of rotatable bonds is 6. The third kappa shape index (κ3) is 4.03. The van der Waals surface area contributed by atoms with Gasteiger partial charge in [-0.2, -0.15) is 5.10 Å². The number of anilines is 3. The Balaban J connectivity index is 1.80. The molecule has 0 aliphatic rings. The van der Waals surface area contributed by atoms with Gasteiger partial charge in [0.1, 0.15) is 4.90 Å². The molecule has 0 atom stereocenters. The molecule has 2 aromatic heterocycles. The fourth-order valence-corrected chi connectivity index (χ4v) is 4.30. The van der Waals surface area contributed by atoms with E-state index >= 15 is 0 Å². The molecule has 148 valence electrons. The first-order chi connectivity index (χ1) is 14.0. The lowest BCUT2D eigenvalue weighted by molar-refractivity contribution is 0.601. The van der Waals surface area contributed by atoms with E-state index in [1.165, 1.54) is 17.1 Å². The summed E-state index contributed by atoms with van der Waals surface area (Å²) in [4.78, 5) is 10.1. The summed E-state index contributed by atoms with van der Waals surface area (Å²) in [6.45, 7) is 0. The smallest absolute Gasteiger partial charge is 0.266 e. The maximum Gasteiger partial charge on any atom is 0.266 e. The summed E-state index contributed by atoms with van der Waals surface area (Å²) in [5.41, 5.74) is 2.05. The second kappa shape index (κ2) is 7.72. The van der Waals surface area contributed by atoms with E-state index in [4.69, 9.17) is 0 Å². The van der Waals surface area contributed by atoms with Crippen molar-refractivity contribution in [2.45, 2.75) is 9.79 Å². The number of aromatic nitrogens is 4. The zero-order chi connectivity index (χ0) is 20.4.